The van der Waals surface area contributed by atoms with E-state index in [2.05, 4.69) is 26.4 Å². The average Bonchev–Trinajstić information content (AvgIpc) is 2.97. The highest BCUT2D eigenvalue weighted by Gasteiger charge is 2.39. The van der Waals surface area contributed by atoms with Crippen LogP contribution in [0.2, 0.25) is 0 Å². The second-order valence-corrected chi connectivity index (χ2v) is 9.45. The summed E-state index contributed by atoms with van der Waals surface area (Å²) < 4.78 is 100. The van der Waals surface area contributed by atoms with Crippen molar-refractivity contribution < 1.29 is 83.5 Å². The number of alkyl halides is 9. The molecule has 2 unspecified atom stereocenters. The number of aliphatic imine (C=N–C) groups is 1. The Morgan fingerprint density at radius 1 is 0.700 bits per heavy atom. The third kappa shape index (κ3) is 38.5. The number of hydrogen-bond donors (Lipinski definition) is 9. The van der Waals surface area contributed by atoms with Gasteiger partial charge in [0, 0.05) is 32.8 Å². The van der Waals surface area contributed by atoms with Crippen molar-refractivity contribution in [2.24, 2.45) is 16.6 Å². The number of carboxylic acid groups (broad SMARTS) is 3. The zero-order chi connectivity index (χ0) is 40.0. The molecule has 0 aromatic carbocycles. The highest BCUT2D eigenvalue weighted by molar-refractivity contribution is 6.03. The van der Waals surface area contributed by atoms with Gasteiger partial charge in [-0.15, -0.1) is 0 Å². The van der Waals surface area contributed by atoms with E-state index in [0.29, 0.717) is 13.1 Å². The van der Waals surface area contributed by atoms with E-state index in [9.17, 15) is 49.1 Å². The van der Waals surface area contributed by atoms with Crippen LogP contribution in [0.3, 0.4) is 0 Å². The zero-order valence-corrected chi connectivity index (χ0v) is 27.0. The fraction of sp³-hybridized carbons (Fsp3) is 0.760. The molecular formula is C25H44F9N7O9. The van der Waals surface area contributed by atoms with E-state index in [1.807, 2.05) is 6.92 Å². The number of unbranched alkanes of at least 4 members (excludes halogenated alkanes) is 4. The van der Waals surface area contributed by atoms with Crippen molar-refractivity contribution in [1.29, 1.82) is 0 Å². The van der Waals surface area contributed by atoms with Gasteiger partial charge in [-0.25, -0.2) is 20.2 Å². The van der Waals surface area contributed by atoms with Crippen LogP contribution in [0.5, 0.6) is 0 Å². The number of nitrogens with zero attached hydrogens (tertiary/aromatic N) is 1. The van der Waals surface area contributed by atoms with Crippen LogP contribution in [0.4, 0.5) is 39.5 Å². The minimum absolute atomic E-state index is 0.206. The molecule has 0 bridgehead atoms. The number of amides is 2. The van der Waals surface area contributed by atoms with Crippen molar-refractivity contribution in [2.75, 3.05) is 39.8 Å². The first kappa shape index (κ1) is 52.8. The van der Waals surface area contributed by atoms with E-state index in [1.165, 1.54) is 13.4 Å². The summed E-state index contributed by atoms with van der Waals surface area (Å²) in [7, 11) is 1.36. The van der Waals surface area contributed by atoms with Gasteiger partial charge in [0.05, 0.1) is 6.34 Å². The molecule has 0 saturated carbocycles. The van der Waals surface area contributed by atoms with Crippen LogP contribution in [0.15, 0.2) is 4.99 Å². The van der Waals surface area contributed by atoms with Gasteiger partial charge in [0.15, 0.2) is 0 Å². The molecule has 0 aliphatic rings. The normalized spacial score (nSPS) is 12.4. The number of carbonyl (C=O) groups is 5. The monoisotopic (exact) mass is 757 g/mol. The molecule has 0 aliphatic carbocycles. The van der Waals surface area contributed by atoms with Crippen LogP contribution in [0, 0.1) is 0 Å². The number of nitrogens with two attached hydrogens (primary N) is 2. The molecule has 2 atom stereocenters. The van der Waals surface area contributed by atoms with Crippen LogP contribution in [-0.2, 0) is 28.7 Å². The fourth-order valence-electron chi connectivity index (χ4n) is 2.57. The summed E-state index contributed by atoms with van der Waals surface area (Å²) in [5.41, 5.74) is 8.04. The molecule has 0 aromatic rings. The van der Waals surface area contributed by atoms with E-state index in [-0.39, 0.29) is 6.04 Å². The Balaban J connectivity index is -0.000000403. The lowest BCUT2D eigenvalue weighted by molar-refractivity contribution is -0.193. The quantitative estimate of drug-likeness (QED) is 0.0171. The largest absolute Gasteiger partial charge is 0.490 e. The smallest absolute Gasteiger partial charge is 0.475 e. The lowest BCUT2D eigenvalue weighted by Crippen LogP contribution is -2.47. The van der Waals surface area contributed by atoms with Gasteiger partial charge in [-0.3, -0.25) is 14.6 Å². The Morgan fingerprint density at radius 3 is 1.40 bits per heavy atom. The number of ether oxygens (including phenoxy) is 1. The standard InChI is InChI=1S/C19H41N7O3.3C2HF3O2/c1-16(20)9-14-22-10-7-8-13-25-19(28)17(29-2)18(27)24-12-6-4-3-5-11-23-15-26-21;3*3-2(4,5)1(6)7/h15-17,22H,3-14,20-21H2,1-2H3,(H,23,26)(H,24,27)(H,25,28);3*(H,6,7). The number of hydrogen-bond acceptors (Lipinski definition) is 10. The fourth-order valence-corrected chi connectivity index (χ4v) is 2.57. The van der Waals surface area contributed by atoms with Crippen LogP contribution in [-0.4, -0.2) is 122 Å². The predicted octanol–water partition coefficient (Wildman–Crippen LogP) is 1.29. The molecular weight excluding hydrogens is 713 g/mol. The number of halogens is 9. The van der Waals surface area contributed by atoms with E-state index < -0.39 is 54.4 Å². The Labute approximate surface area is 280 Å². The van der Waals surface area contributed by atoms with E-state index in [4.69, 9.17) is 46.0 Å². The predicted molar refractivity (Wildman–Crippen MR) is 157 cm³/mol. The molecule has 11 N–H and O–H groups in total. The molecule has 50 heavy (non-hydrogen) atoms. The Morgan fingerprint density at radius 2 is 1.06 bits per heavy atom. The summed E-state index contributed by atoms with van der Waals surface area (Å²) in [6.45, 7) is 5.53. The van der Waals surface area contributed by atoms with Gasteiger partial charge in [0.1, 0.15) is 0 Å². The van der Waals surface area contributed by atoms with E-state index >= 15 is 0 Å². The van der Waals surface area contributed by atoms with Gasteiger partial charge < -0.3 is 47.2 Å². The van der Waals surface area contributed by atoms with Crippen molar-refractivity contribution in [1.82, 2.24) is 21.4 Å². The van der Waals surface area contributed by atoms with Crippen LogP contribution in [0.25, 0.3) is 0 Å². The number of carboxylic acids is 3. The van der Waals surface area contributed by atoms with Crippen molar-refractivity contribution in [3.8, 4) is 0 Å². The maximum absolute atomic E-state index is 12.1. The van der Waals surface area contributed by atoms with Gasteiger partial charge in [-0.1, -0.05) is 12.8 Å². The van der Waals surface area contributed by atoms with Gasteiger partial charge in [0.2, 0.25) is 6.10 Å². The zero-order valence-electron chi connectivity index (χ0n) is 27.0. The van der Waals surface area contributed by atoms with Crippen molar-refractivity contribution >= 4 is 36.1 Å². The molecule has 0 aromatic heterocycles. The number of carbonyl (C=O) groups excluding carboxylic acids is 2. The average molecular weight is 758 g/mol. The minimum Gasteiger partial charge on any atom is -0.475 e. The molecule has 0 spiro atoms. The Hall–Kier alpha value is -3.97. The number of nitrogens with one attached hydrogen (secondary N) is 4. The lowest BCUT2D eigenvalue weighted by Gasteiger charge is -2.15. The molecule has 0 rings (SSSR count). The molecule has 0 heterocycles. The van der Waals surface area contributed by atoms with Gasteiger partial charge in [0.25, 0.3) is 11.8 Å². The second kappa shape index (κ2) is 29.9. The number of rotatable bonds is 19. The highest BCUT2D eigenvalue weighted by Crippen LogP contribution is 2.14. The second-order valence-electron chi connectivity index (χ2n) is 9.45. The van der Waals surface area contributed by atoms with Crippen LogP contribution >= 0.6 is 0 Å². The van der Waals surface area contributed by atoms with Crippen molar-refractivity contribution in [3.63, 3.8) is 0 Å². The molecule has 16 nitrogen and oxygen atoms in total. The Bertz CT molecular complexity index is 927. The van der Waals surface area contributed by atoms with Gasteiger partial charge in [-0.05, 0) is 52.1 Å². The van der Waals surface area contributed by atoms with E-state index in [0.717, 1.165) is 64.6 Å². The summed E-state index contributed by atoms with van der Waals surface area (Å²) in [4.78, 5) is 55.0. The van der Waals surface area contributed by atoms with Crippen molar-refractivity contribution in [3.05, 3.63) is 0 Å². The van der Waals surface area contributed by atoms with Crippen LogP contribution < -0.4 is 33.0 Å². The summed E-state index contributed by atoms with van der Waals surface area (Å²) in [5.74, 6) is -4.00. The highest BCUT2D eigenvalue weighted by atomic mass is 19.4. The first-order valence-electron chi connectivity index (χ1n) is 14.2. The van der Waals surface area contributed by atoms with E-state index in [1.54, 1.807) is 0 Å². The van der Waals surface area contributed by atoms with Gasteiger partial charge in [-0.2, -0.15) is 39.5 Å². The molecule has 296 valence electrons. The number of hydrazine groups is 1. The molecule has 0 fully saturated rings. The summed E-state index contributed by atoms with van der Waals surface area (Å²) in [6.07, 6.45) is -8.36. The molecule has 2 amide bonds. The molecule has 25 heteroatoms. The summed E-state index contributed by atoms with van der Waals surface area (Å²) in [6, 6.07) is 0.206. The maximum atomic E-state index is 12.1. The van der Waals surface area contributed by atoms with Gasteiger partial charge >= 0.3 is 36.4 Å². The SMILES string of the molecule is COC(C(=O)NCCCCCCN=CNN)C(=O)NCCCCNCCC(C)N.O=C(O)C(F)(F)F.O=C(O)C(F)(F)F.O=C(O)C(F)(F)F. The lowest BCUT2D eigenvalue weighted by atomic mass is 10.2. The first-order chi connectivity index (χ1) is 22.9. The number of aliphatic carboxylic acids is 3. The molecule has 0 radical (unpaired) electrons. The Kier molecular flexibility index (Phi) is 31.6. The first-order valence-corrected chi connectivity index (χ1v) is 14.2. The minimum atomic E-state index is -5.08. The maximum Gasteiger partial charge on any atom is 0.490 e. The topological polar surface area (TPSA) is 268 Å². The molecule has 0 saturated heterocycles. The van der Waals surface area contributed by atoms with Crippen molar-refractivity contribution in [2.45, 2.75) is 82.5 Å². The third-order valence-electron chi connectivity index (χ3n) is 4.97. The molecule has 0 aliphatic heterocycles. The number of methoxy groups -OCH3 is 1. The summed E-state index contributed by atoms with van der Waals surface area (Å²) >= 11 is 0. The third-order valence-corrected chi connectivity index (χ3v) is 4.97. The van der Waals surface area contributed by atoms with Crippen LogP contribution in [0.1, 0.15) is 51.9 Å². The summed E-state index contributed by atoms with van der Waals surface area (Å²) in [5, 5.41) is 30.2.